The van der Waals surface area contributed by atoms with Crippen molar-refractivity contribution < 1.29 is 9.59 Å². The summed E-state index contributed by atoms with van der Waals surface area (Å²) in [5, 5.41) is 2.31. The summed E-state index contributed by atoms with van der Waals surface area (Å²) in [5.74, 6) is 1.06. The van der Waals surface area contributed by atoms with E-state index in [4.69, 9.17) is 24.2 Å². The zero-order chi connectivity index (χ0) is 15.7. The Labute approximate surface area is 144 Å². The lowest BCUT2D eigenvalue weighted by Gasteiger charge is -2.32. The number of thioether (sulfide) groups is 1. The molecule has 0 aromatic heterocycles. The van der Waals surface area contributed by atoms with Crippen LogP contribution in [0.5, 0.6) is 0 Å². The van der Waals surface area contributed by atoms with E-state index in [0.717, 1.165) is 11.3 Å². The van der Waals surface area contributed by atoms with E-state index in [1.807, 2.05) is 6.07 Å². The molecule has 2 amide bonds. The van der Waals surface area contributed by atoms with Gasteiger partial charge in [0.25, 0.3) is 0 Å². The van der Waals surface area contributed by atoms with Gasteiger partial charge in [0.15, 0.2) is 0 Å². The Kier molecular flexibility index (Phi) is 5.02. The van der Waals surface area contributed by atoms with Crippen molar-refractivity contribution in [3.63, 3.8) is 0 Å². The molecule has 4 nitrogen and oxygen atoms in total. The van der Waals surface area contributed by atoms with Crippen LogP contribution in [-0.4, -0.2) is 34.4 Å². The van der Waals surface area contributed by atoms with Crippen LogP contribution in [0.2, 0.25) is 0 Å². The van der Waals surface area contributed by atoms with Gasteiger partial charge in [-0.3, -0.25) is 19.8 Å². The number of hydrogen-bond donors (Lipinski definition) is 2. The molecule has 3 rings (SSSR count). The van der Waals surface area contributed by atoms with Crippen LogP contribution >= 0.6 is 36.0 Å². The molecule has 1 N–H and O–H groups in total. The highest BCUT2D eigenvalue weighted by atomic mass is 35.5. The fraction of sp³-hybridized carbons (Fsp3) is 0.467. The van der Waals surface area contributed by atoms with Gasteiger partial charge in [-0.25, -0.2) is 0 Å². The van der Waals surface area contributed by atoms with E-state index >= 15 is 0 Å². The number of fused-ring (bicyclic) bond motifs is 1. The average molecular weight is 357 g/mol. The van der Waals surface area contributed by atoms with Crippen LogP contribution in [0.15, 0.2) is 23.1 Å². The Morgan fingerprint density at radius 2 is 2.23 bits per heavy atom. The fourth-order valence-corrected chi connectivity index (χ4v) is 4.55. The smallest absolute Gasteiger partial charge is 0.243 e. The summed E-state index contributed by atoms with van der Waals surface area (Å²) >= 11 is 12.2. The third-order valence-corrected chi connectivity index (χ3v) is 6.14. The van der Waals surface area contributed by atoms with Crippen LogP contribution < -0.4 is 5.32 Å². The van der Waals surface area contributed by atoms with Crippen LogP contribution in [0.3, 0.4) is 0 Å². The van der Waals surface area contributed by atoms with Gasteiger partial charge < -0.3 is 0 Å². The van der Waals surface area contributed by atoms with E-state index in [1.54, 1.807) is 11.8 Å². The number of thiol groups is 1. The predicted molar refractivity (Wildman–Crippen MR) is 91.3 cm³/mol. The predicted octanol–water partition coefficient (Wildman–Crippen LogP) is 2.57. The maximum absolute atomic E-state index is 12.1. The Morgan fingerprint density at radius 1 is 1.41 bits per heavy atom. The Morgan fingerprint density at radius 3 is 2.95 bits per heavy atom. The first-order valence-corrected chi connectivity index (χ1v) is 9.23. The normalized spacial score (nSPS) is 25.2. The van der Waals surface area contributed by atoms with Crippen LogP contribution in [-0.2, 0) is 16.1 Å². The van der Waals surface area contributed by atoms with E-state index in [9.17, 15) is 9.59 Å². The van der Waals surface area contributed by atoms with Gasteiger partial charge in [-0.2, -0.15) is 12.6 Å². The molecule has 2 atom stereocenters. The molecule has 7 heteroatoms. The quantitative estimate of drug-likeness (QED) is 0.377. The second kappa shape index (κ2) is 6.83. The molecule has 2 heterocycles. The summed E-state index contributed by atoms with van der Waals surface area (Å²) in [7, 11) is 0. The first kappa shape index (κ1) is 16.2. The van der Waals surface area contributed by atoms with E-state index in [0.29, 0.717) is 25.3 Å². The lowest BCUT2D eigenvalue weighted by molar-refractivity contribution is -0.137. The maximum atomic E-state index is 12.1. The number of amides is 2. The lowest BCUT2D eigenvalue weighted by Crippen LogP contribution is -2.51. The largest absolute Gasteiger partial charge is 0.295 e. The summed E-state index contributed by atoms with van der Waals surface area (Å²) in [6.07, 6.45) is 0.942. The van der Waals surface area contributed by atoms with Crippen molar-refractivity contribution in [2.75, 3.05) is 11.6 Å². The fourth-order valence-electron chi connectivity index (χ4n) is 3.00. The van der Waals surface area contributed by atoms with Crippen molar-refractivity contribution in [2.24, 2.45) is 0 Å². The minimum atomic E-state index is -0.293. The molecule has 1 saturated heterocycles. The van der Waals surface area contributed by atoms with Crippen LogP contribution in [0.25, 0.3) is 0 Å². The first-order chi connectivity index (χ1) is 10.6. The lowest BCUT2D eigenvalue weighted by atomic mass is 10.0. The summed E-state index contributed by atoms with van der Waals surface area (Å²) in [4.78, 5) is 26.7. The number of hydrogen-bond acceptors (Lipinski definition) is 5. The molecule has 1 fully saturated rings. The number of alkyl halides is 1. The van der Waals surface area contributed by atoms with Gasteiger partial charge in [0.1, 0.15) is 0 Å². The summed E-state index contributed by atoms with van der Waals surface area (Å²) in [6.45, 7) is 0.682. The second-order valence-electron chi connectivity index (χ2n) is 5.37. The highest BCUT2D eigenvalue weighted by Gasteiger charge is 2.39. The molecule has 2 unspecified atom stereocenters. The molecule has 118 valence electrons. The van der Waals surface area contributed by atoms with E-state index in [-0.39, 0.29) is 23.2 Å². The molecule has 1 aromatic rings. The number of carbonyl (C=O) groups is 2. The molecule has 0 radical (unpaired) electrons. The number of nitrogens with one attached hydrogen (secondary N) is 1. The molecule has 1 aromatic carbocycles. The van der Waals surface area contributed by atoms with Crippen LogP contribution in [0.1, 0.15) is 29.3 Å². The first-order valence-electron chi connectivity index (χ1n) is 7.20. The Hall–Kier alpha value is -0.690. The summed E-state index contributed by atoms with van der Waals surface area (Å²) in [6, 6.07) is 5.87. The Balaban J connectivity index is 1.83. The van der Waals surface area contributed by atoms with Gasteiger partial charge in [0.2, 0.25) is 11.8 Å². The average Bonchev–Trinajstić information content (AvgIpc) is 2.83. The standard InChI is InChI=1S/C15H17ClN2O2S2/c16-6-7-22-12-3-1-2-9-10(12)8-18(15(9)21)11-4-5-13(19)17-14(11)20/h1-3,11,15,21H,4-8H2,(H,17,19,20). The molecule has 0 spiro atoms. The number of benzene rings is 1. The highest BCUT2D eigenvalue weighted by Crippen LogP contribution is 2.42. The third-order valence-electron chi connectivity index (χ3n) is 4.05. The van der Waals surface area contributed by atoms with Crippen molar-refractivity contribution in [3.05, 3.63) is 29.3 Å². The summed E-state index contributed by atoms with van der Waals surface area (Å²) < 4.78 is 0. The molecule has 0 saturated carbocycles. The molecular formula is C15H17ClN2O2S2. The number of piperidine rings is 1. The minimum absolute atomic E-state index is 0.115. The van der Waals surface area contributed by atoms with Crippen molar-refractivity contribution in [2.45, 2.75) is 35.7 Å². The van der Waals surface area contributed by atoms with Gasteiger partial charge >= 0.3 is 0 Å². The topological polar surface area (TPSA) is 49.4 Å². The molecule has 2 aliphatic heterocycles. The van der Waals surface area contributed by atoms with Gasteiger partial charge in [0, 0.05) is 29.5 Å². The number of imide groups is 1. The zero-order valence-electron chi connectivity index (χ0n) is 11.9. The molecule has 2 aliphatic rings. The van der Waals surface area contributed by atoms with Gasteiger partial charge in [0.05, 0.1) is 11.4 Å². The van der Waals surface area contributed by atoms with E-state index < -0.39 is 0 Å². The van der Waals surface area contributed by atoms with Crippen LogP contribution in [0, 0.1) is 0 Å². The van der Waals surface area contributed by atoms with Crippen molar-refractivity contribution in [1.29, 1.82) is 0 Å². The van der Waals surface area contributed by atoms with E-state index in [2.05, 4.69) is 22.3 Å². The Bertz CT molecular complexity index is 611. The number of halogens is 1. The molecule has 0 bridgehead atoms. The van der Waals surface area contributed by atoms with Gasteiger partial charge in [-0.15, -0.1) is 23.4 Å². The monoisotopic (exact) mass is 356 g/mol. The van der Waals surface area contributed by atoms with Gasteiger partial charge in [-0.1, -0.05) is 12.1 Å². The molecule has 0 aliphatic carbocycles. The zero-order valence-corrected chi connectivity index (χ0v) is 14.4. The van der Waals surface area contributed by atoms with Crippen LogP contribution in [0.4, 0.5) is 0 Å². The third kappa shape index (κ3) is 3.02. The molecular weight excluding hydrogens is 340 g/mol. The summed E-state index contributed by atoms with van der Waals surface area (Å²) in [5.41, 5.74) is 2.37. The van der Waals surface area contributed by atoms with Crippen molar-refractivity contribution >= 4 is 47.8 Å². The van der Waals surface area contributed by atoms with Crippen molar-refractivity contribution in [3.8, 4) is 0 Å². The second-order valence-corrected chi connectivity index (χ2v) is 7.38. The number of rotatable bonds is 4. The SMILES string of the molecule is O=C1CCC(N2Cc3c(SCCCl)cccc3C2S)C(=O)N1. The number of nitrogens with zero attached hydrogens (tertiary/aromatic N) is 1. The number of carbonyl (C=O) groups excluding carboxylic acids is 2. The highest BCUT2D eigenvalue weighted by molar-refractivity contribution is 7.99. The maximum Gasteiger partial charge on any atom is 0.243 e. The minimum Gasteiger partial charge on any atom is -0.295 e. The molecule has 22 heavy (non-hydrogen) atoms. The van der Waals surface area contributed by atoms with Gasteiger partial charge in [-0.05, 0) is 23.6 Å². The van der Waals surface area contributed by atoms with E-state index in [1.165, 1.54) is 10.5 Å². The van der Waals surface area contributed by atoms with Crippen molar-refractivity contribution in [1.82, 2.24) is 10.2 Å².